The highest BCUT2D eigenvalue weighted by atomic mass is 35.5. The van der Waals surface area contributed by atoms with E-state index in [-0.39, 0.29) is 6.04 Å². The van der Waals surface area contributed by atoms with Gasteiger partial charge < -0.3 is 4.90 Å². The molecule has 0 spiro atoms. The first kappa shape index (κ1) is 12.3. The minimum atomic E-state index is 0.209. The number of para-hydroxylation sites is 1. The second kappa shape index (κ2) is 5.10. The third kappa shape index (κ3) is 2.26. The second-order valence-corrected chi connectivity index (χ2v) is 5.24. The van der Waals surface area contributed by atoms with E-state index in [1.807, 2.05) is 18.2 Å². The number of anilines is 1. The molecule has 0 saturated heterocycles. The molecule has 0 fully saturated rings. The Labute approximate surface area is 119 Å². The molecule has 0 saturated carbocycles. The fraction of sp³-hybridized carbons (Fsp3) is 0.176. The van der Waals surface area contributed by atoms with E-state index in [1.165, 1.54) is 16.8 Å². The highest BCUT2D eigenvalue weighted by molar-refractivity contribution is 6.30. The van der Waals surface area contributed by atoms with Gasteiger partial charge >= 0.3 is 0 Å². The van der Waals surface area contributed by atoms with Gasteiger partial charge in [0.1, 0.15) is 0 Å². The topological polar surface area (TPSA) is 3.24 Å². The van der Waals surface area contributed by atoms with Gasteiger partial charge in [0.2, 0.25) is 0 Å². The highest BCUT2D eigenvalue weighted by Gasteiger charge is 2.24. The molecule has 96 valence electrons. The molecular formula is C17H16ClN. The van der Waals surface area contributed by atoms with Crippen molar-refractivity contribution >= 4 is 17.3 Å². The molecule has 1 atom stereocenters. The summed E-state index contributed by atoms with van der Waals surface area (Å²) >= 11 is 5.96. The molecule has 0 unspecified atom stereocenters. The van der Waals surface area contributed by atoms with E-state index < -0.39 is 0 Å². The highest BCUT2D eigenvalue weighted by Crippen LogP contribution is 2.35. The van der Waals surface area contributed by atoms with Crippen molar-refractivity contribution in [1.29, 1.82) is 0 Å². The van der Waals surface area contributed by atoms with Gasteiger partial charge in [-0.05, 0) is 35.7 Å². The fourth-order valence-corrected chi connectivity index (χ4v) is 2.88. The summed E-state index contributed by atoms with van der Waals surface area (Å²) in [7, 11) is 0. The van der Waals surface area contributed by atoms with E-state index in [9.17, 15) is 0 Å². The molecule has 2 aromatic rings. The predicted molar refractivity (Wildman–Crippen MR) is 81.9 cm³/mol. The Balaban J connectivity index is 1.96. The van der Waals surface area contributed by atoms with Gasteiger partial charge in [-0.3, -0.25) is 0 Å². The summed E-state index contributed by atoms with van der Waals surface area (Å²) in [6.07, 6.45) is 3.11. The van der Waals surface area contributed by atoms with Gasteiger partial charge in [-0.2, -0.15) is 0 Å². The van der Waals surface area contributed by atoms with Crippen LogP contribution in [0.1, 0.15) is 17.2 Å². The van der Waals surface area contributed by atoms with Crippen LogP contribution in [-0.4, -0.2) is 6.54 Å². The number of fused-ring (bicyclic) bond motifs is 1. The first-order valence-electron chi connectivity index (χ1n) is 6.52. The van der Waals surface area contributed by atoms with Gasteiger partial charge in [0, 0.05) is 17.3 Å². The van der Waals surface area contributed by atoms with Crippen LogP contribution in [0.3, 0.4) is 0 Å². The monoisotopic (exact) mass is 269 g/mol. The lowest BCUT2D eigenvalue weighted by Crippen LogP contribution is -2.25. The van der Waals surface area contributed by atoms with Crippen molar-refractivity contribution in [2.24, 2.45) is 0 Å². The van der Waals surface area contributed by atoms with Crippen molar-refractivity contribution in [2.75, 3.05) is 11.4 Å². The zero-order valence-electron chi connectivity index (χ0n) is 10.7. The first-order valence-corrected chi connectivity index (χ1v) is 6.90. The van der Waals surface area contributed by atoms with E-state index in [0.717, 1.165) is 18.0 Å². The van der Waals surface area contributed by atoms with E-state index in [0.29, 0.717) is 0 Å². The molecule has 0 aromatic heterocycles. The third-order valence-corrected chi connectivity index (χ3v) is 3.95. The lowest BCUT2D eigenvalue weighted by Gasteiger charge is -2.28. The van der Waals surface area contributed by atoms with Gasteiger partial charge in [0.25, 0.3) is 0 Å². The van der Waals surface area contributed by atoms with Gasteiger partial charge in [-0.1, -0.05) is 48.0 Å². The van der Waals surface area contributed by atoms with E-state index in [4.69, 9.17) is 11.6 Å². The third-order valence-electron chi connectivity index (χ3n) is 3.69. The number of rotatable bonds is 3. The lowest BCUT2D eigenvalue weighted by molar-refractivity contribution is 0.754. The zero-order chi connectivity index (χ0) is 13.2. The molecule has 0 amide bonds. The van der Waals surface area contributed by atoms with Crippen LogP contribution in [0.25, 0.3) is 0 Å². The summed E-state index contributed by atoms with van der Waals surface area (Å²) in [4.78, 5) is 2.41. The number of halogens is 1. The fourth-order valence-electron chi connectivity index (χ4n) is 2.76. The number of hydrogen-bond acceptors (Lipinski definition) is 1. The zero-order valence-corrected chi connectivity index (χ0v) is 11.5. The predicted octanol–water partition coefficient (Wildman–Crippen LogP) is 4.63. The minimum absolute atomic E-state index is 0.209. The van der Waals surface area contributed by atoms with Crippen molar-refractivity contribution < 1.29 is 0 Å². The Kier molecular flexibility index (Phi) is 3.31. The van der Waals surface area contributed by atoms with Crippen LogP contribution < -0.4 is 4.90 Å². The Bertz CT molecular complexity index is 588. The first-order chi connectivity index (χ1) is 9.29. The molecule has 0 N–H and O–H groups in total. The summed E-state index contributed by atoms with van der Waals surface area (Å²) in [6, 6.07) is 16.8. The molecule has 1 nitrogen and oxygen atoms in total. The SMILES string of the molecule is C=C[C@@H](c1ccc(Cl)cc1)N1CCc2ccccc21. The summed E-state index contributed by atoms with van der Waals surface area (Å²) < 4.78 is 0. The van der Waals surface area contributed by atoms with E-state index in [1.54, 1.807) is 0 Å². The average molecular weight is 270 g/mol. The van der Waals surface area contributed by atoms with Crippen molar-refractivity contribution in [3.05, 3.63) is 77.3 Å². The van der Waals surface area contributed by atoms with Gasteiger partial charge in [0.05, 0.1) is 6.04 Å². The van der Waals surface area contributed by atoms with Crippen LogP contribution in [0.4, 0.5) is 5.69 Å². The Morgan fingerprint density at radius 2 is 1.84 bits per heavy atom. The smallest absolute Gasteiger partial charge is 0.0724 e. The summed E-state index contributed by atoms with van der Waals surface area (Å²) in [6.45, 7) is 5.04. The standard InChI is InChI=1S/C17H16ClN/c1-2-16(14-7-9-15(18)10-8-14)19-12-11-13-5-3-4-6-17(13)19/h2-10,16H,1,11-12H2/t16-/m0/s1. The van der Waals surface area contributed by atoms with Crippen molar-refractivity contribution in [2.45, 2.75) is 12.5 Å². The summed E-state index contributed by atoms with van der Waals surface area (Å²) in [5.41, 5.74) is 3.97. The minimum Gasteiger partial charge on any atom is -0.360 e. The Morgan fingerprint density at radius 1 is 1.11 bits per heavy atom. The maximum absolute atomic E-state index is 5.96. The van der Waals surface area contributed by atoms with Gasteiger partial charge in [0.15, 0.2) is 0 Å². The second-order valence-electron chi connectivity index (χ2n) is 4.80. The van der Waals surface area contributed by atoms with Crippen LogP contribution in [0.5, 0.6) is 0 Å². The molecule has 3 rings (SSSR count). The molecule has 0 bridgehead atoms. The van der Waals surface area contributed by atoms with E-state index in [2.05, 4.69) is 47.9 Å². The molecular weight excluding hydrogens is 254 g/mol. The van der Waals surface area contributed by atoms with Crippen molar-refractivity contribution in [3.8, 4) is 0 Å². The lowest BCUT2D eigenvalue weighted by atomic mass is 10.1. The Morgan fingerprint density at radius 3 is 2.58 bits per heavy atom. The summed E-state index contributed by atoms with van der Waals surface area (Å²) in [5.74, 6) is 0. The molecule has 19 heavy (non-hydrogen) atoms. The number of benzene rings is 2. The van der Waals surface area contributed by atoms with E-state index >= 15 is 0 Å². The molecule has 0 aliphatic carbocycles. The largest absolute Gasteiger partial charge is 0.360 e. The molecule has 1 aliphatic rings. The van der Waals surface area contributed by atoms with Gasteiger partial charge in [-0.15, -0.1) is 6.58 Å². The maximum atomic E-state index is 5.96. The van der Waals surface area contributed by atoms with Crippen LogP contribution in [0.15, 0.2) is 61.2 Å². The number of nitrogens with zero attached hydrogens (tertiary/aromatic N) is 1. The average Bonchev–Trinajstić information content (AvgIpc) is 2.86. The number of hydrogen-bond donors (Lipinski definition) is 0. The van der Waals surface area contributed by atoms with Crippen LogP contribution in [0.2, 0.25) is 5.02 Å². The van der Waals surface area contributed by atoms with Crippen LogP contribution >= 0.6 is 11.6 Å². The van der Waals surface area contributed by atoms with Crippen molar-refractivity contribution in [1.82, 2.24) is 0 Å². The molecule has 1 heterocycles. The summed E-state index contributed by atoms with van der Waals surface area (Å²) in [5, 5.41) is 0.772. The molecule has 2 aromatic carbocycles. The van der Waals surface area contributed by atoms with Crippen molar-refractivity contribution in [3.63, 3.8) is 0 Å². The quantitative estimate of drug-likeness (QED) is 0.735. The molecule has 2 heteroatoms. The Hall–Kier alpha value is -1.73. The van der Waals surface area contributed by atoms with Crippen LogP contribution in [0, 0.1) is 0 Å². The molecule has 1 aliphatic heterocycles. The normalized spacial score (nSPS) is 15.1. The maximum Gasteiger partial charge on any atom is 0.0724 e. The van der Waals surface area contributed by atoms with Gasteiger partial charge in [-0.25, -0.2) is 0 Å². The molecule has 0 radical (unpaired) electrons. The van der Waals surface area contributed by atoms with Crippen LogP contribution in [-0.2, 0) is 6.42 Å².